The molecule has 7 heteroatoms. The normalized spacial score (nSPS) is 10.4. The maximum absolute atomic E-state index is 10.9. The van der Waals surface area contributed by atoms with E-state index >= 15 is 0 Å². The van der Waals surface area contributed by atoms with Gasteiger partial charge in [-0.25, -0.2) is 14.8 Å². The molecule has 0 aliphatic rings. The average molecular weight is 283 g/mol. The summed E-state index contributed by atoms with van der Waals surface area (Å²) in [6, 6.07) is 1.72. The van der Waals surface area contributed by atoms with Crippen LogP contribution in [0.2, 0.25) is 0 Å². The fourth-order valence-electron chi connectivity index (χ4n) is 1.17. The van der Waals surface area contributed by atoms with Crippen molar-refractivity contribution in [3.63, 3.8) is 0 Å². The van der Waals surface area contributed by atoms with Crippen molar-refractivity contribution in [1.82, 2.24) is 19.7 Å². The molecule has 2 aromatic rings. The van der Waals surface area contributed by atoms with Gasteiger partial charge in [0.05, 0.1) is 4.47 Å². The summed E-state index contributed by atoms with van der Waals surface area (Å²) in [5.74, 6) is -0.812. The van der Waals surface area contributed by atoms with Gasteiger partial charge in [0.15, 0.2) is 11.5 Å². The zero-order valence-corrected chi connectivity index (χ0v) is 9.84. The van der Waals surface area contributed by atoms with Crippen LogP contribution in [0, 0.1) is 0 Å². The van der Waals surface area contributed by atoms with Gasteiger partial charge in [-0.05, 0) is 22.0 Å². The Morgan fingerprint density at radius 1 is 1.56 bits per heavy atom. The maximum Gasteiger partial charge on any atom is 0.355 e. The molecule has 2 heterocycles. The van der Waals surface area contributed by atoms with Gasteiger partial charge < -0.3 is 5.11 Å². The number of carboxylic acid groups (broad SMARTS) is 1. The van der Waals surface area contributed by atoms with Crippen LogP contribution in [0.25, 0.3) is 11.5 Å². The fraction of sp³-hybridized carbons (Fsp3) is 0.111. The lowest BCUT2D eigenvalue weighted by molar-refractivity contribution is 0.0689. The van der Waals surface area contributed by atoms with E-state index in [4.69, 9.17) is 5.11 Å². The van der Waals surface area contributed by atoms with Crippen LogP contribution in [-0.4, -0.2) is 30.8 Å². The van der Waals surface area contributed by atoms with Gasteiger partial charge in [0.1, 0.15) is 5.69 Å². The summed E-state index contributed by atoms with van der Waals surface area (Å²) < 4.78 is 1.95. The lowest BCUT2D eigenvalue weighted by Crippen LogP contribution is -2.04. The number of aryl methyl sites for hydroxylation is 1. The first kappa shape index (κ1) is 10.7. The van der Waals surface area contributed by atoms with Crippen LogP contribution in [0.15, 0.2) is 22.9 Å². The molecule has 0 spiro atoms. The molecule has 82 valence electrons. The van der Waals surface area contributed by atoms with Crippen LogP contribution in [0.1, 0.15) is 10.5 Å². The van der Waals surface area contributed by atoms with E-state index in [0.29, 0.717) is 16.0 Å². The number of halogens is 1. The van der Waals surface area contributed by atoms with E-state index in [0.717, 1.165) is 0 Å². The second kappa shape index (κ2) is 4.01. The first-order valence-corrected chi connectivity index (χ1v) is 5.13. The zero-order valence-electron chi connectivity index (χ0n) is 8.25. The first-order valence-electron chi connectivity index (χ1n) is 4.34. The van der Waals surface area contributed by atoms with Crippen molar-refractivity contribution in [2.45, 2.75) is 0 Å². The Balaban J connectivity index is 2.51. The lowest BCUT2D eigenvalue weighted by atomic mass is 10.3. The molecule has 1 N–H and O–H groups in total. The van der Waals surface area contributed by atoms with Gasteiger partial charge >= 0.3 is 5.97 Å². The third kappa shape index (κ3) is 1.94. The van der Waals surface area contributed by atoms with Gasteiger partial charge in [-0.1, -0.05) is 0 Å². The van der Waals surface area contributed by atoms with Crippen LogP contribution in [0.4, 0.5) is 0 Å². The molecule has 0 saturated heterocycles. The smallest absolute Gasteiger partial charge is 0.355 e. The quantitative estimate of drug-likeness (QED) is 0.899. The molecule has 6 nitrogen and oxygen atoms in total. The molecule has 0 amide bonds. The summed E-state index contributed by atoms with van der Waals surface area (Å²) in [5, 5.41) is 13.0. The minimum absolute atomic E-state index is 0.0735. The van der Waals surface area contributed by atoms with Crippen LogP contribution >= 0.6 is 15.9 Å². The molecule has 0 aliphatic heterocycles. The Labute approximate surface area is 99.1 Å². The van der Waals surface area contributed by atoms with E-state index < -0.39 is 5.97 Å². The zero-order chi connectivity index (χ0) is 11.7. The minimum Gasteiger partial charge on any atom is -0.476 e. The molecule has 16 heavy (non-hydrogen) atoms. The van der Waals surface area contributed by atoms with Crippen molar-refractivity contribution in [1.29, 1.82) is 0 Å². The Bertz CT molecular complexity index is 552. The van der Waals surface area contributed by atoms with Gasteiger partial charge in [-0.3, -0.25) is 4.68 Å². The number of aromatic nitrogens is 4. The fourth-order valence-corrected chi connectivity index (χ4v) is 1.54. The number of aromatic carboxylic acids is 1. The van der Waals surface area contributed by atoms with Gasteiger partial charge in [-0.2, -0.15) is 5.10 Å². The van der Waals surface area contributed by atoms with Gasteiger partial charge in [0, 0.05) is 19.4 Å². The highest BCUT2D eigenvalue weighted by atomic mass is 79.9. The summed E-state index contributed by atoms with van der Waals surface area (Å²) in [4.78, 5) is 18.8. The minimum atomic E-state index is -1.11. The summed E-state index contributed by atoms with van der Waals surface area (Å²) >= 11 is 3.08. The van der Waals surface area contributed by atoms with E-state index in [-0.39, 0.29) is 5.69 Å². The Hall–Kier alpha value is -1.76. The molecule has 0 bridgehead atoms. The largest absolute Gasteiger partial charge is 0.476 e. The number of nitrogens with zero attached hydrogens (tertiary/aromatic N) is 4. The van der Waals surface area contributed by atoms with Crippen molar-refractivity contribution in [2.75, 3.05) is 0 Å². The third-order valence-electron chi connectivity index (χ3n) is 1.89. The molecule has 0 saturated carbocycles. The highest BCUT2D eigenvalue weighted by Gasteiger charge is 2.14. The molecular weight excluding hydrogens is 276 g/mol. The van der Waals surface area contributed by atoms with Crippen molar-refractivity contribution in [3.05, 3.63) is 28.6 Å². The number of hydrogen-bond donors (Lipinski definition) is 1. The highest BCUT2D eigenvalue weighted by molar-refractivity contribution is 9.10. The maximum atomic E-state index is 10.9. The molecule has 0 fully saturated rings. The van der Waals surface area contributed by atoms with Crippen molar-refractivity contribution >= 4 is 21.9 Å². The third-order valence-corrected chi connectivity index (χ3v) is 2.47. The summed E-state index contributed by atoms with van der Waals surface area (Å²) in [7, 11) is 1.76. The number of rotatable bonds is 2. The summed E-state index contributed by atoms with van der Waals surface area (Å²) in [6.45, 7) is 0. The lowest BCUT2D eigenvalue weighted by Gasteiger charge is -1.99. The van der Waals surface area contributed by atoms with Crippen LogP contribution in [0.5, 0.6) is 0 Å². The van der Waals surface area contributed by atoms with E-state index in [2.05, 4.69) is 31.0 Å². The standard InChI is InChI=1S/C9H7BrN4O2/c1-14-3-2-6(13-14)8-11-4-5(10)7(12-8)9(15)16/h2-4H,1H3,(H,15,16). The molecule has 0 aromatic carbocycles. The van der Waals surface area contributed by atoms with Gasteiger partial charge in [0.25, 0.3) is 0 Å². The molecule has 2 aromatic heterocycles. The highest BCUT2D eigenvalue weighted by Crippen LogP contribution is 2.17. The van der Waals surface area contributed by atoms with Gasteiger partial charge in [0.2, 0.25) is 0 Å². The monoisotopic (exact) mass is 282 g/mol. The predicted molar refractivity (Wildman–Crippen MR) is 58.9 cm³/mol. The first-order chi connectivity index (χ1) is 7.58. The molecule has 0 unspecified atom stereocenters. The number of hydrogen-bond acceptors (Lipinski definition) is 4. The molecular formula is C9H7BrN4O2. The molecule has 0 aliphatic carbocycles. The van der Waals surface area contributed by atoms with Crippen molar-refractivity contribution in [3.8, 4) is 11.5 Å². The van der Waals surface area contributed by atoms with Crippen LogP contribution in [0.3, 0.4) is 0 Å². The molecule has 0 atom stereocenters. The number of carbonyl (C=O) groups is 1. The second-order valence-electron chi connectivity index (χ2n) is 3.07. The van der Waals surface area contributed by atoms with Crippen LogP contribution < -0.4 is 0 Å². The Kier molecular flexibility index (Phi) is 2.69. The van der Waals surface area contributed by atoms with Gasteiger partial charge in [-0.15, -0.1) is 0 Å². The second-order valence-corrected chi connectivity index (χ2v) is 3.92. The Morgan fingerprint density at radius 3 is 2.88 bits per heavy atom. The summed E-state index contributed by atoms with van der Waals surface area (Å²) in [6.07, 6.45) is 3.14. The van der Waals surface area contributed by atoms with E-state index in [1.54, 1.807) is 24.0 Å². The van der Waals surface area contributed by atoms with E-state index in [1.165, 1.54) is 6.20 Å². The van der Waals surface area contributed by atoms with Crippen molar-refractivity contribution in [2.24, 2.45) is 7.05 Å². The SMILES string of the molecule is Cn1ccc(-c2ncc(Br)c(C(=O)O)n2)n1. The van der Waals surface area contributed by atoms with Crippen molar-refractivity contribution < 1.29 is 9.90 Å². The predicted octanol–water partition coefficient (Wildman–Crippen LogP) is 1.34. The van der Waals surface area contributed by atoms with Crippen LogP contribution in [-0.2, 0) is 7.05 Å². The molecule has 0 radical (unpaired) electrons. The Morgan fingerprint density at radius 2 is 2.31 bits per heavy atom. The summed E-state index contributed by atoms with van der Waals surface area (Å²) in [5.41, 5.74) is 0.466. The molecule has 2 rings (SSSR count). The topological polar surface area (TPSA) is 80.9 Å². The average Bonchev–Trinajstić information content (AvgIpc) is 2.65. The number of carboxylic acids is 1. The van der Waals surface area contributed by atoms with E-state index in [9.17, 15) is 4.79 Å². The van der Waals surface area contributed by atoms with E-state index in [1.807, 2.05) is 0 Å².